The molecule has 186 valence electrons. The standard InChI is InChI=1S/C26H24N8O3/c35-25(32-14-10-19(11-15-32)24-29-23(31-37-24)21-8-1-3-12-27-21)28-20-7-5-6-18(16-20)17-34-26(36)33-13-4-2-9-22(33)30-34/h1-9,12-13,16,19H,10-11,14-15,17H2,(H,28,35). The van der Waals surface area contributed by atoms with Crippen molar-refractivity contribution in [3.63, 3.8) is 0 Å². The Hall–Kier alpha value is -4.80. The number of anilines is 1. The lowest BCUT2D eigenvalue weighted by atomic mass is 9.97. The number of carbonyl (C=O) groups excluding carboxylic acids is 1. The number of fused-ring (bicyclic) bond motifs is 1. The van der Waals surface area contributed by atoms with E-state index in [0.717, 1.165) is 18.4 Å². The Morgan fingerprint density at radius 3 is 2.73 bits per heavy atom. The summed E-state index contributed by atoms with van der Waals surface area (Å²) < 4.78 is 8.41. The first-order valence-electron chi connectivity index (χ1n) is 12.1. The van der Waals surface area contributed by atoms with Gasteiger partial charge in [0, 0.05) is 37.1 Å². The van der Waals surface area contributed by atoms with Crippen molar-refractivity contribution in [3.05, 3.63) is 95.0 Å². The summed E-state index contributed by atoms with van der Waals surface area (Å²) in [5.74, 6) is 1.15. The van der Waals surface area contributed by atoms with Gasteiger partial charge in [0.1, 0.15) is 5.69 Å². The van der Waals surface area contributed by atoms with E-state index in [-0.39, 0.29) is 17.6 Å². The molecule has 4 aromatic heterocycles. The molecule has 5 heterocycles. The molecule has 0 unspecified atom stereocenters. The molecule has 1 saturated heterocycles. The Balaban J connectivity index is 1.07. The Kier molecular flexibility index (Phi) is 5.93. The van der Waals surface area contributed by atoms with Gasteiger partial charge in [-0.1, -0.05) is 29.4 Å². The molecule has 5 aromatic rings. The van der Waals surface area contributed by atoms with Crippen LogP contribution >= 0.6 is 0 Å². The number of nitrogens with zero attached hydrogens (tertiary/aromatic N) is 7. The molecule has 0 saturated carbocycles. The zero-order chi connectivity index (χ0) is 25.2. The number of rotatable bonds is 5. The number of hydrogen-bond acceptors (Lipinski definition) is 7. The molecule has 1 aromatic carbocycles. The Labute approximate surface area is 211 Å². The summed E-state index contributed by atoms with van der Waals surface area (Å²) in [5, 5.41) is 11.4. The van der Waals surface area contributed by atoms with Gasteiger partial charge in [-0.3, -0.25) is 9.38 Å². The molecule has 0 radical (unpaired) electrons. The maximum Gasteiger partial charge on any atom is 0.350 e. The third-order valence-electron chi connectivity index (χ3n) is 6.47. The zero-order valence-corrected chi connectivity index (χ0v) is 19.9. The zero-order valence-electron chi connectivity index (χ0n) is 19.9. The molecule has 11 heteroatoms. The number of amides is 2. The van der Waals surface area contributed by atoms with Crippen molar-refractivity contribution >= 4 is 17.4 Å². The lowest BCUT2D eigenvalue weighted by Crippen LogP contribution is -2.40. The third-order valence-corrected chi connectivity index (χ3v) is 6.47. The highest BCUT2D eigenvalue weighted by molar-refractivity contribution is 5.89. The van der Waals surface area contributed by atoms with Crippen LogP contribution in [0.3, 0.4) is 0 Å². The van der Waals surface area contributed by atoms with E-state index in [0.29, 0.717) is 48.4 Å². The van der Waals surface area contributed by atoms with Gasteiger partial charge in [-0.05, 0) is 54.8 Å². The molecule has 2 amide bonds. The number of likely N-dealkylation sites (tertiary alicyclic amines) is 1. The fourth-order valence-electron chi connectivity index (χ4n) is 4.52. The van der Waals surface area contributed by atoms with Gasteiger partial charge in [0.25, 0.3) is 0 Å². The van der Waals surface area contributed by atoms with Gasteiger partial charge in [0.05, 0.1) is 6.54 Å². The molecule has 0 aliphatic carbocycles. The van der Waals surface area contributed by atoms with Crippen molar-refractivity contribution < 1.29 is 9.32 Å². The maximum atomic E-state index is 12.9. The van der Waals surface area contributed by atoms with Crippen molar-refractivity contribution in [2.45, 2.75) is 25.3 Å². The van der Waals surface area contributed by atoms with Crippen molar-refractivity contribution in [1.29, 1.82) is 0 Å². The van der Waals surface area contributed by atoms with Crippen LogP contribution in [0.15, 0.2) is 82.4 Å². The van der Waals surface area contributed by atoms with E-state index < -0.39 is 0 Å². The molecule has 1 aliphatic rings. The van der Waals surface area contributed by atoms with Crippen molar-refractivity contribution in [2.75, 3.05) is 18.4 Å². The number of hydrogen-bond donors (Lipinski definition) is 1. The monoisotopic (exact) mass is 496 g/mol. The Morgan fingerprint density at radius 2 is 1.92 bits per heavy atom. The van der Waals surface area contributed by atoms with Gasteiger partial charge in [0.2, 0.25) is 11.7 Å². The largest absolute Gasteiger partial charge is 0.350 e. The summed E-state index contributed by atoms with van der Waals surface area (Å²) in [6, 6.07) is 18.3. The lowest BCUT2D eigenvalue weighted by molar-refractivity contribution is 0.187. The average molecular weight is 497 g/mol. The highest BCUT2D eigenvalue weighted by Crippen LogP contribution is 2.28. The normalized spacial score (nSPS) is 14.2. The van der Waals surface area contributed by atoms with Crippen LogP contribution in [0.5, 0.6) is 0 Å². The second kappa shape index (κ2) is 9.69. The van der Waals surface area contributed by atoms with Crippen molar-refractivity contribution in [1.82, 2.24) is 34.2 Å². The summed E-state index contributed by atoms with van der Waals surface area (Å²) >= 11 is 0. The molecule has 0 spiro atoms. The van der Waals surface area contributed by atoms with Crippen LogP contribution in [0.1, 0.15) is 30.2 Å². The molecule has 1 N–H and O–H groups in total. The fourth-order valence-corrected chi connectivity index (χ4v) is 4.52. The van der Waals surface area contributed by atoms with Crippen molar-refractivity contribution in [3.8, 4) is 11.5 Å². The van der Waals surface area contributed by atoms with Gasteiger partial charge in [0.15, 0.2) is 5.65 Å². The van der Waals surface area contributed by atoms with Gasteiger partial charge in [-0.15, -0.1) is 5.10 Å². The molecule has 0 bridgehead atoms. The molecule has 1 fully saturated rings. The molecule has 0 atom stereocenters. The highest BCUT2D eigenvalue weighted by atomic mass is 16.5. The van der Waals surface area contributed by atoms with E-state index in [9.17, 15) is 9.59 Å². The summed E-state index contributed by atoms with van der Waals surface area (Å²) in [6.45, 7) is 1.46. The average Bonchev–Trinajstić information content (AvgIpc) is 3.55. The van der Waals surface area contributed by atoms with Crippen LogP contribution in [0.25, 0.3) is 17.2 Å². The minimum Gasteiger partial charge on any atom is -0.339 e. The first kappa shape index (κ1) is 22.7. The van der Waals surface area contributed by atoms with Crippen LogP contribution in [-0.2, 0) is 6.54 Å². The summed E-state index contributed by atoms with van der Waals surface area (Å²) in [6.07, 6.45) is 4.85. The van der Waals surface area contributed by atoms with Gasteiger partial charge in [-0.25, -0.2) is 14.3 Å². The van der Waals surface area contributed by atoms with Crippen LogP contribution in [0.4, 0.5) is 10.5 Å². The SMILES string of the molecule is O=C(Nc1cccc(Cn2nc3ccccn3c2=O)c1)N1CCC(c2nc(-c3ccccn3)no2)CC1. The van der Waals surface area contributed by atoms with Gasteiger partial charge in [-0.2, -0.15) is 4.98 Å². The molecular weight excluding hydrogens is 472 g/mol. The molecule has 1 aliphatic heterocycles. The highest BCUT2D eigenvalue weighted by Gasteiger charge is 2.28. The van der Waals surface area contributed by atoms with Gasteiger partial charge < -0.3 is 14.7 Å². The van der Waals surface area contributed by atoms with Crippen LogP contribution in [-0.4, -0.2) is 53.3 Å². The fraction of sp³-hybridized carbons (Fsp3) is 0.231. The van der Waals surface area contributed by atoms with Gasteiger partial charge >= 0.3 is 11.7 Å². The summed E-state index contributed by atoms with van der Waals surface area (Å²) in [4.78, 5) is 36.1. The number of pyridine rings is 2. The van der Waals surface area contributed by atoms with E-state index in [2.05, 4.69) is 25.5 Å². The Bertz CT molecular complexity index is 1600. The van der Waals surface area contributed by atoms with E-state index in [4.69, 9.17) is 4.52 Å². The molecule has 6 rings (SSSR count). The predicted molar refractivity (Wildman–Crippen MR) is 135 cm³/mol. The second-order valence-electron chi connectivity index (χ2n) is 8.93. The number of urea groups is 1. The predicted octanol–water partition coefficient (Wildman–Crippen LogP) is 3.40. The van der Waals surface area contributed by atoms with E-state index in [1.807, 2.05) is 48.5 Å². The second-order valence-corrected chi connectivity index (χ2v) is 8.93. The quantitative estimate of drug-likeness (QED) is 0.395. The minimum absolute atomic E-state index is 0.0982. The first-order chi connectivity index (χ1) is 18.1. The topological polar surface area (TPSA) is 123 Å². The molecular formula is C26H24N8O3. The Morgan fingerprint density at radius 1 is 1.05 bits per heavy atom. The summed E-state index contributed by atoms with van der Waals surface area (Å²) in [5.41, 5.74) is 2.58. The number of benzene rings is 1. The van der Waals surface area contributed by atoms with E-state index in [1.165, 1.54) is 9.08 Å². The maximum absolute atomic E-state index is 12.9. The van der Waals surface area contributed by atoms with Crippen LogP contribution in [0, 0.1) is 0 Å². The number of aromatic nitrogens is 6. The molecule has 37 heavy (non-hydrogen) atoms. The van der Waals surface area contributed by atoms with Crippen LogP contribution in [0.2, 0.25) is 0 Å². The first-order valence-corrected chi connectivity index (χ1v) is 12.1. The lowest BCUT2D eigenvalue weighted by Gasteiger charge is -2.30. The number of carbonyl (C=O) groups is 1. The smallest absolute Gasteiger partial charge is 0.339 e. The number of nitrogens with one attached hydrogen (secondary N) is 1. The van der Waals surface area contributed by atoms with E-state index >= 15 is 0 Å². The van der Waals surface area contributed by atoms with E-state index in [1.54, 1.807) is 29.4 Å². The number of piperidine rings is 1. The third kappa shape index (κ3) is 4.70. The minimum atomic E-state index is -0.207. The summed E-state index contributed by atoms with van der Waals surface area (Å²) in [7, 11) is 0. The molecule has 11 nitrogen and oxygen atoms in total. The van der Waals surface area contributed by atoms with Crippen molar-refractivity contribution in [2.24, 2.45) is 0 Å². The van der Waals surface area contributed by atoms with Crippen LogP contribution < -0.4 is 11.0 Å².